The van der Waals surface area contributed by atoms with Crippen LogP contribution >= 0.6 is 0 Å². The van der Waals surface area contributed by atoms with Gasteiger partial charge in [0, 0.05) is 25.4 Å². The highest BCUT2D eigenvalue weighted by atomic mass is 19.3. The summed E-state index contributed by atoms with van der Waals surface area (Å²) in [5.74, 6) is 0.274. The third-order valence-corrected chi connectivity index (χ3v) is 4.56. The lowest BCUT2D eigenvalue weighted by molar-refractivity contribution is 0.0635. The second-order valence-corrected chi connectivity index (χ2v) is 6.80. The van der Waals surface area contributed by atoms with Crippen LogP contribution in [0.3, 0.4) is 0 Å². The van der Waals surface area contributed by atoms with Crippen LogP contribution in [0.15, 0.2) is 42.6 Å². The maximum atomic E-state index is 13.0. The highest BCUT2D eigenvalue weighted by molar-refractivity contribution is 5.92. The van der Waals surface area contributed by atoms with E-state index in [0.29, 0.717) is 31.1 Å². The summed E-state index contributed by atoms with van der Waals surface area (Å²) in [7, 11) is 0. The Morgan fingerprint density at radius 1 is 1.25 bits per heavy atom. The Labute approximate surface area is 161 Å². The fourth-order valence-corrected chi connectivity index (χ4v) is 3.24. The van der Waals surface area contributed by atoms with Crippen molar-refractivity contribution in [3.8, 4) is 11.5 Å². The lowest BCUT2D eigenvalue weighted by Gasteiger charge is -2.32. The Morgan fingerprint density at radius 3 is 2.79 bits per heavy atom. The number of rotatable bonds is 7. The molecule has 0 radical (unpaired) electrons. The Kier molecular flexibility index (Phi) is 6.86. The molecule has 1 fully saturated rings. The van der Waals surface area contributed by atoms with Crippen molar-refractivity contribution >= 4 is 5.91 Å². The Morgan fingerprint density at radius 2 is 2.04 bits per heavy atom. The number of carbonyl (C=O) groups excluding carboxylic acids is 1. The third kappa shape index (κ3) is 5.95. The molecule has 1 N–H and O–H groups in total. The highest BCUT2D eigenvalue weighted by Crippen LogP contribution is 2.22. The number of halogens is 3. The average molecular weight is 393 g/mol. The molecule has 1 aromatic carbocycles. The molecule has 28 heavy (non-hydrogen) atoms. The Balaban J connectivity index is 1.53. The highest BCUT2D eigenvalue weighted by Gasteiger charge is 2.22. The maximum Gasteiger partial charge on any atom is 0.270 e. The molecule has 0 saturated carbocycles. The number of ether oxygens (including phenoxy) is 1. The van der Waals surface area contributed by atoms with Crippen LogP contribution in [0.25, 0.3) is 0 Å². The average Bonchev–Trinajstić information content (AvgIpc) is 2.68. The molecule has 150 valence electrons. The van der Waals surface area contributed by atoms with Crippen molar-refractivity contribution in [1.29, 1.82) is 0 Å². The fourth-order valence-electron chi connectivity index (χ4n) is 3.24. The molecule has 0 spiro atoms. The van der Waals surface area contributed by atoms with Gasteiger partial charge in [0.1, 0.15) is 23.0 Å². The predicted molar refractivity (Wildman–Crippen MR) is 98.2 cm³/mol. The van der Waals surface area contributed by atoms with E-state index in [4.69, 9.17) is 4.74 Å². The Bertz CT molecular complexity index is 787. The van der Waals surface area contributed by atoms with Crippen molar-refractivity contribution < 1.29 is 22.7 Å². The molecule has 1 amide bonds. The van der Waals surface area contributed by atoms with Crippen LogP contribution in [0.5, 0.6) is 11.5 Å². The number of pyridine rings is 1. The fraction of sp³-hybridized carbons (Fsp3) is 0.400. The van der Waals surface area contributed by atoms with E-state index in [1.165, 1.54) is 36.5 Å². The third-order valence-electron chi connectivity index (χ3n) is 4.56. The first-order valence-corrected chi connectivity index (χ1v) is 9.18. The summed E-state index contributed by atoms with van der Waals surface area (Å²) in [6, 6.07) is 8.65. The van der Waals surface area contributed by atoms with Crippen LogP contribution in [0.1, 0.15) is 23.3 Å². The first kappa shape index (κ1) is 20.1. The standard InChI is InChI=1S/C20H22F3N3O2/c21-15-3-5-16(6-4-15)28-17-7-8-24-18(10-17)20(27)25-11-14-2-1-9-26(12-14)13-19(22)23/h3-8,10,14,19H,1-2,9,11-13H2,(H,25,27)/t14-/m1/s1. The number of amides is 1. The predicted octanol–water partition coefficient (Wildman–Crippen LogP) is 3.72. The normalized spacial score (nSPS) is 17.5. The minimum atomic E-state index is -2.35. The smallest absolute Gasteiger partial charge is 0.270 e. The number of carbonyl (C=O) groups is 1. The van der Waals surface area contributed by atoms with E-state index < -0.39 is 6.43 Å². The molecule has 2 aromatic rings. The summed E-state index contributed by atoms with van der Waals surface area (Å²) in [6.07, 6.45) is 0.841. The second kappa shape index (κ2) is 9.54. The lowest BCUT2D eigenvalue weighted by atomic mass is 9.98. The van der Waals surface area contributed by atoms with Crippen molar-refractivity contribution in [2.75, 3.05) is 26.2 Å². The molecule has 8 heteroatoms. The van der Waals surface area contributed by atoms with E-state index in [2.05, 4.69) is 10.3 Å². The maximum absolute atomic E-state index is 13.0. The van der Waals surface area contributed by atoms with Crippen LogP contribution in [0.2, 0.25) is 0 Å². The molecular weight excluding hydrogens is 371 g/mol. The molecule has 1 aliphatic heterocycles. The molecule has 1 saturated heterocycles. The minimum Gasteiger partial charge on any atom is -0.457 e. The van der Waals surface area contributed by atoms with Gasteiger partial charge in [-0.2, -0.15) is 0 Å². The van der Waals surface area contributed by atoms with E-state index in [9.17, 15) is 18.0 Å². The van der Waals surface area contributed by atoms with Gasteiger partial charge in [-0.15, -0.1) is 0 Å². The number of hydrogen-bond acceptors (Lipinski definition) is 4. The topological polar surface area (TPSA) is 54.5 Å². The Hall–Kier alpha value is -2.61. The van der Waals surface area contributed by atoms with Crippen molar-refractivity contribution in [3.05, 3.63) is 54.1 Å². The van der Waals surface area contributed by atoms with E-state index in [1.54, 1.807) is 11.0 Å². The number of nitrogens with one attached hydrogen (secondary N) is 1. The number of alkyl halides is 2. The van der Waals surface area contributed by atoms with Crippen LogP contribution in [0.4, 0.5) is 13.2 Å². The molecule has 3 rings (SSSR count). The summed E-state index contributed by atoms with van der Waals surface area (Å²) in [6.45, 7) is 1.39. The molecule has 1 aromatic heterocycles. The molecule has 0 unspecified atom stereocenters. The van der Waals surface area contributed by atoms with Crippen molar-refractivity contribution in [2.45, 2.75) is 19.3 Å². The van der Waals surface area contributed by atoms with Crippen molar-refractivity contribution in [3.63, 3.8) is 0 Å². The monoisotopic (exact) mass is 393 g/mol. The first-order chi connectivity index (χ1) is 13.5. The van der Waals surface area contributed by atoms with Gasteiger partial charge < -0.3 is 10.1 Å². The van der Waals surface area contributed by atoms with Gasteiger partial charge in [0.2, 0.25) is 0 Å². The van der Waals surface area contributed by atoms with Gasteiger partial charge in [-0.25, -0.2) is 13.2 Å². The van der Waals surface area contributed by atoms with Gasteiger partial charge >= 0.3 is 0 Å². The van der Waals surface area contributed by atoms with E-state index >= 15 is 0 Å². The quantitative estimate of drug-likeness (QED) is 0.779. The van der Waals surface area contributed by atoms with Gasteiger partial charge in [-0.3, -0.25) is 14.7 Å². The SMILES string of the molecule is O=C(NC[C@H]1CCCN(CC(F)F)C1)c1cc(Oc2ccc(F)cc2)ccn1. The molecular formula is C20H22F3N3O2. The van der Waals surface area contributed by atoms with Crippen LogP contribution < -0.4 is 10.1 Å². The van der Waals surface area contributed by atoms with Gasteiger partial charge in [-0.05, 0) is 55.6 Å². The largest absolute Gasteiger partial charge is 0.457 e. The second-order valence-electron chi connectivity index (χ2n) is 6.80. The number of piperidine rings is 1. The van der Waals surface area contributed by atoms with Crippen molar-refractivity contribution in [2.24, 2.45) is 5.92 Å². The van der Waals surface area contributed by atoms with Gasteiger partial charge in [0.25, 0.3) is 12.3 Å². The van der Waals surface area contributed by atoms with Gasteiger partial charge in [0.15, 0.2) is 0 Å². The zero-order valence-electron chi connectivity index (χ0n) is 15.3. The summed E-state index contributed by atoms with van der Waals surface area (Å²) in [5.41, 5.74) is 0.194. The molecule has 1 atom stereocenters. The van der Waals surface area contributed by atoms with E-state index in [-0.39, 0.29) is 29.9 Å². The van der Waals surface area contributed by atoms with Crippen LogP contribution in [-0.4, -0.2) is 48.4 Å². The van der Waals surface area contributed by atoms with E-state index in [0.717, 1.165) is 12.8 Å². The molecule has 0 aliphatic carbocycles. The number of nitrogens with zero attached hydrogens (tertiary/aromatic N) is 2. The van der Waals surface area contributed by atoms with Gasteiger partial charge in [-0.1, -0.05) is 0 Å². The summed E-state index contributed by atoms with van der Waals surface area (Å²) in [5, 5.41) is 2.82. The molecule has 0 bridgehead atoms. The summed E-state index contributed by atoms with van der Waals surface area (Å²) in [4.78, 5) is 18.2. The number of aromatic nitrogens is 1. The minimum absolute atomic E-state index is 0.134. The number of hydrogen-bond donors (Lipinski definition) is 1. The zero-order valence-corrected chi connectivity index (χ0v) is 15.3. The first-order valence-electron chi connectivity index (χ1n) is 9.18. The molecule has 5 nitrogen and oxygen atoms in total. The summed E-state index contributed by atoms with van der Waals surface area (Å²) < 4.78 is 43.7. The van der Waals surface area contributed by atoms with Gasteiger partial charge in [0.05, 0.1) is 6.54 Å². The zero-order chi connectivity index (χ0) is 19.9. The van der Waals surface area contributed by atoms with Crippen LogP contribution in [0, 0.1) is 11.7 Å². The lowest BCUT2D eigenvalue weighted by Crippen LogP contribution is -2.42. The number of likely N-dealkylation sites (tertiary alicyclic amines) is 1. The summed E-state index contributed by atoms with van der Waals surface area (Å²) >= 11 is 0. The van der Waals surface area contributed by atoms with E-state index in [1.807, 2.05) is 0 Å². The number of benzene rings is 1. The molecule has 1 aliphatic rings. The van der Waals surface area contributed by atoms with Crippen molar-refractivity contribution in [1.82, 2.24) is 15.2 Å². The molecule has 2 heterocycles. The van der Waals surface area contributed by atoms with Crippen LogP contribution in [-0.2, 0) is 0 Å².